The fourth-order valence-corrected chi connectivity index (χ4v) is 1.83. The van der Waals surface area contributed by atoms with Gasteiger partial charge in [-0.15, -0.1) is 0 Å². The Morgan fingerprint density at radius 1 is 1.25 bits per heavy atom. The van der Waals surface area contributed by atoms with Gasteiger partial charge in [0.05, 0.1) is 20.6 Å². The lowest BCUT2D eigenvalue weighted by Crippen LogP contribution is -2.36. The standard InChI is InChI=1S/C14H19NO5/c1-4-15(9-14(17)18)13(16)8-10-7-11(19-2)5-6-12(10)20-3/h5-7H,4,8-9H2,1-3H3,(H,17,18). The van der Waals surface area contributed by atoms with Crippen molar-refractivity contribution in [1.82, 2.24) is 4.90 Å². The molecule has 6 heteroatoms. The van der Waals surface area contributed by atoms with Crippen LogP contribution >= 0.6 is 0 Å². The molecule has 1 N–H and O–H groups in total. The molecule has 0 spiro atoms. The quantitative estimate of drug-likeness (QED) is 0.812. The first-order chi connectivity index (χ1) is 9.51. The van der Waals surface area contributed by atoms with Crippen molar-refractivity contribution in [2.24, 2.45) is 0 Å². The third-order valence-electron chi connectivity index (χ3n) is 2.89. The maximum atomic E-state index is 12.1. The van der Waals surface area contributed by atoms with E-state index in [1.165, 1.54) is 19.1 Å². The molecule has 0 atom stereocenters. The van der Waals surface area contributed by atoms with Crippen LogP contribution in [0.3, 0.4) is 0 Å². The van der Waals surface area contributed by atoms with Gasteiger partial charge in [0.25, 0.3) is 0 Å². The first-order valence-corrected chi connectivity index (χ1v) is 6.22. The van der Waals surface area contributed by atoms with Crippen LogP contribution in [0.2, 0.25) is 0 Å². The lowest BCUT2D eigenvalue weighted by Gasteiger charge is -2.19. The number of benzene rings is 1. The highest BCUT2D eigenvalue weighted by molar-refractivity contribution is 5.83. The van der Waals surface area contributed by atoms with Gasteiger partial charge in [0.2, 0.25) is 5.91 Å². The number of ether oxygens (including phenoxy) is 2. The number of carboxylic acid groups (broad SMARTS) is 1. The molecule has 0 aliphatic heterocycles. The molecular formula is C14H19NO5. The van der Waals surface area contributed by atoms with Crippen LogP contribution in [0.15, 0.2) is 18.2 Å². The molecule has 1 rings (SSSR count). The summed E-state index contributed by atoms with van der Waals surface area (Å²) in [6, 6.07) is 5.17. The van der Waals surface area contributed by atoms with Gasteiger partial charge >= 0.3 is 5.97 Å². The van der Waals surface area contributed by atoms with Gasteiger partial charge in [0.1, 0.15) is 18.0 Å². The minimum absolute atomic E-state index is 0.0709. The Kier molecular flexibility index (Phi) is 5.83. The minimum atomic E-state index is -1.03. The van der Waals surface area contributed by atoms with Gasteiger partial charge in [-0.05, 0) is 25.1 Å². The van der Waals surface area contributed by atoms with Crippen LogP contribution < -0.4 is 9.47 Å². The van der Waals surface area contributed by atoms with Crippen molar-refractivity contribution in [2.45, 2.75) is 13.3 Å². The molecule has 1 aromatic rings. The summed E-state index contributed by atoms with van der Waals surface area (Å²) in [5.74, 6) is -0.0975. The van der Waals surface area contributed by atoms with Gasteiger partial charge in [0, 0.05) is 12.1 Å². The predicted molar refractivity (Wildman–Crippen MR) is 73.1 cm³/mol. The van der Waals surface area contributed by atoms with Crippen LogP contribution in [0.25, 0.3) is 0 Å². The Labute approximate surface area is 117 Å². The smallest absolute Gasteiger partial charge is 0.323 e. The molecule has 0 heterocycles. The molecule has 110 valence electrons. The molecule has 0 unspecified atom stereocenters. The summed E-state index contributed by atoms with van der Waals surface area (Å²) >= 11 is 0. The monoisotopic (exact) mass is 281 g/mol. The second-order valence-electron chi connectivity index (χ2n) is 4.16. The fraction of sp³-hybridized carbons (Fsp3) is 0.429. The summed E-state index contributed by atoms with van der Waals surface area (Å²) in [5.41, 5.74) is 0.667. The number of nitrogens with zero attached hydrogens (tertiary/aromatic N) is 1. The lowest BCUT2D eigenvalue weighted by atomic mass is 10.1. The summed E-state index contributed by atoms with van der Waals surface area (Å²) in [6.45, 7) is 1.78. The molecule has 6 nitrogen and oxygen atoms in total. The molecule has 0 aliphatic rings. The second kappa shape index (κ2) is 7.37. The number of rotatable bonds is 7. The number of methoxy groups -OCH3 is 2. The van der Waals surface area contributed by atoms with Crippen LogP contribution in [0, 0.1) is 0 Å². The fourth-order valence-electron chi connectivity index (χ4n) is 1.83. The highest BCUT2D eigenvalue weighted by atomic mass is 16.5. The normalized spacial score (nSPS) is 9.95. The van der Waals surface area contributed by atoms with Crippen LogP contribution in [-0.4, -0.2) is 49.2 Å². The van der Waals surface area contributed by atoms with E-state index in [0.717, 1.165) is 0 Å². The van der Waals surface area contributed by atoms with Gasteiger partial charge in [-0.1, -0.05) is 0 Å². The Bertz CT molecular complexity index is 486. The number of hydrogen-bond acceptors (Lipinski definition) is 4. The van der Waals surface area contributed by atoms with Crippen molar-refractivity contribution < 1.29 is 24.2 Å². The lowest BCUT2D eigenvalue weighted by molar-refractivity contribution is -0.144. The molecule has 0 radical (unpaired) electrons. The first kappa shape index (κ1) is 15.8. The summed E-state index contributed by atoms with van der Waals surface area (Å²) < 4.78 is 10.3. The van der Waals surface area contributed by atoms with E-state index in [0.29, 0.717) is 23.6 Å². The van der Waals surface area contributed by atoms with E-state index in [1.807, 2.05) is 0 Å². The number of carbonyl (C=O) groups is 2. The molecule has 1 aromatic carbocycles. The zero-order chi connectivity index (χ0) is 15.1. The van der Waals surface area contributed by atoms with E-state index in [4.69, 9.17) is 14.6 Å². The van der Waals surface area contributed by atoms with Gasteiger partial charge in [-0.3, -0.25) is 9.59 Å². The molecule has 0 saturated carbocycles. The van der Waals surface area contributed by atoms with Crippen molar-refractivity contribution >= 4 is 11.9 Å². The van der Waals surface area contributed by atoms with Crippen LogP contribution in [-0.2, 0) is 16.0 Å². The maximum Gasteiger partial charge on any atom is 0.323 e. The molecule has 0 aliphatic carbocycles. The van der Waals surface area contributed by atoms with E-state index in [2.05, 4.69) is 0 Å². The molecular weight excluding hydrogens is 262 g/mol. The van der Waals surface area contributed by atoms with Crippen molar-refractivity contribution in [3.05, 3.63) is 23.8 Å². The van der Waals surface area contributed by atoms with Crippen molar-refractivity contribution in [3.63, 3.8) is 0 Å². The Hall–Kier alpha value is -2.24. The zero-order valence-electron chi connectivity index (χ0n) is 11.9. The van der Waals surface area contributed by atoms with Gasteiger partial charge in [-0.2, -0.15) is 0 Å². The van der Waals surface area contributed by atoms with E-state index in [1.54, 1.807) is 25.1 Å². The SMILES string of the molecule is CCN(CC(=O)O)C(=O)Cc1cc(OC)ccc1OC. The van der Waals surface area contributed by atoms with E-state index in [9.17, 15) is 9.59 Å². The zero-order valence-corrected chi connectivity index (χ0v) is 11.9. The second-order valence-corrected chi connectivity index (χ2v) is 4.16. The number of likely N-dealkylation sites (N-methyl/N-ethyl adjacent to an activating group) is 1. The summed E-state index contributed by atoms with van der Waals surface area (Å²) in [7, 11) is 3.06. The number of carboxylic acids is 1. The van der Waals surface area contributed by atoms with Crippen LogP contribution in [0.1, 0.15) is 12.5 Å². The molecule has 0 fully saturated rings. The maximum absolute atomic E-state index is 12.1. The minimum Gasteiger partial charge on any atom is -0.497 e. The number of amides is 1. The van der Waals surface area contributed by atoms with Gasteiger partial charge < -0.3 is 19.5 Å². The van der Waals surface area contributed by atoms with Gasteiger partial charge in [-0.25, -0.2) is 0 Å². The predicted octanol–water partition coefficient (Wildman–Crippen LogP) is 1.18. The molecule has 0 bridgehead atoms. The topological polar surface area (TPSA) is 76.1 Å². The third-order valence-corrected chi connectivity index (χ3v) is 2.89. The van der Waals surface area contributed by atoms with Crippen molar-refractivity contribution in [1.29, 1.82) is 0 Å². The summed E-state index contributed by atoms with van der Waals surface area (Å²) in [5, 5.41) is 8.77. The number of hydrogen-bond donors (Lipinski definition) is 1. The van der Waals surface area contributed by atoms with Crippen molar-refractivity contribution in [3.8, 4) is 11.5 Å². The van der Waals surface area contributed by atoms with Crippen LogP contribution in [0.5, 0.6) is 11.5 Å². The average molecular weight is 281 g/mol. The Balaban J connectivity index is 2.90. The molecule has 0 aromatic heterocycles. The van der Waals surface area contributed by atoms with Crippen LogP contribution in [0.4, 0.5) is 0 Å². The van der Waals surface area contributed by atoms with Gasteiger partial charge in [0.15, 0.2) is 0 Å². The summed E-state index contributed by atoms with van der Waals surface area (Å²) in [4.78, 5) is 24.1. The molecule has 0 saturated heterocycles. The first-order valence-electron chi connectivity index (χ1n) is 6.22. The molecule has 1 amide bonds. The number of aliphatic carboxylic acids is 1. The highest BCUT2D eigenvalue weighted by Crippen LogP contribution is 2.24. The molecule has 20 heavy (non-hydrogen) atoms. The third kappa shape index (κ3) is 4.15. The van der Waals surface area contributed by atoms with Crippen molar-refractivity contribution in [2.75, 3.05) is 27.3 Å². The highest BCUT2D eigenvalue weighted by Gasteiger charge is 2.17. The van der Waals surface area contributed by atoms with E-state index >= 15 is 0 Å². The Morgan fingerprint density at radius 3 is 2.45 bits per heavy atom. The number of carbonyl (C=O) groups excluding carboxylic acids is 1. The summed E-state index contributed by atoms with van der Waals surface area (Å²) in [6.07, 6.45) is 0.0709. The largest absolute Gasteiger partial charge is 0.497 e. The average Bonchev–Trinajstić information content (AvgIpc) is 2.44. The van der Waals surface area contributed by atoms with E-state index in [-0.39, 0.29) is 18.9 Å². The van der Waals surface area contributed by atoms with E-state index < -0.39 is 5.97 Å². The Morgan fingerprint density at radius 2 is 1.95 bits per heavy atom.